The summed E-state index contributed by atoms with van der Waals surface area (Å²) in [7, 11) is 0. The van der Waals surface area contributed by atoms with Gasteiger partial charge in [-0.3, -0.25) is 9.78 Å². The van der Waals surface area contributed by atoms with Gasteiger partial charge in [0, 0.05) is 43.5 Å². The van der Waals surface area contributed by atoms with E-state index in [1.54, 1.807) is 24.8 Å². The molecule has 120 valence electrons. The van der Waals surface area contributed by atoms with Crippen LogP contribution in [0.3, 0.4) is 0 Å². The number of carbonyl (C=O) groups is 1. The molecule has 6 heteroatoms. The lowest BCUT2D eigenvalue weighted by atomic mass is 10.1. The van der Waals surface area contributed by atoms with Gasteiger partial charge in [-0.05, 0) is 37.8 Å². The second-order valence-corrected chi connectivity index (χ2v) is 5.74. The Bertz CT molecular complexity index is 667. The second-order valence-electron chi connectivity index (χ2n) is 5.74. The first-order chi connectivity index (χ1) is 11.2. The van der Waals surface area contributed by atoms with Gasteiger partial charge in [-0.1, -0.05) is 0 Å². The van der Waals surface area contributed by atoms with Gasteiger partial charge in [0.15, 0.2) is 5.82 Å². The molecule has 2 aromatic heterocycles. The van der Waals surface area contributed by atoms with Crippen LogP contribution in [0, 0.1) is 6.92 Å². The Balaban J connectivity index is 1.57. The van der Waals surface area contributed by atoms with E-state index in [1.807, 2.05) is 13.0 Å². The quantitative estimate of drug-likeness (QED) is 0.937. The first-order valence-electron chi connectivity index (χ1n) is 7.84. The van der Waals surface area contributed by atoms with Crippen molar-refractivity contribution in [3.63, 3.8) is 0 Å². The van der Waals surface area contributed by atoms with Crippen LogP contribution >= 0.6 is 0 Å². The summed E-state index contributed by atoms with van der Waals surface area (Å²) in [5.41, 5.74) is 2.37. The Morgan fingerprint density at radius 3 is 2.78 bits per heavy atom. The third kappa shape index (κ3) is 4.10. The molecule has 23 heavy (non-hydrogen) atoms. The lowest BCUT2D eigenvalue weighted by molar-refractivity contribution is 0.00940. The van der Waals surface area contributed by atoms with E-state index in [1.165, 1.54) is 0 Å². The van der Waals surface area contributed by atoms with Crippen molar-refractivity contribution < 1.29 is 9.53 Å². The second kappa shape index (κ2) is 7.28. The molecule has 0 radical (unpaired) electrons. The van der Waals surface area contributed by atoms with Gasteiger partial charge >= 0.3 is 0 Å². The Labute approximate surface area is 135 Å². The molecule has 0 spiro atoms. The van der Waals surface area contributed by atoms with E-state index in [0.29, 0.717) is 12.1 Å². The van der Waals surface area contributed by atoms with Gasteiger partial charge in [0.25, 0.3) is 5.91 Å². The minimum absolute atomic E-state index is 0.00533. The van der Waals surface area contributed by atoms with E-state index >= 15 is 0 Å². The van der Waals surface area contributed by atoms with Crippen molar-refractivity contribution in [1.82, 2.24) is 20.3 Å². The van der Waals surface area contributed by atoms with E-state index in [-0.39, 0.29) is 12.0 Å². The standard InChI is InChI=1S/C17H20N4O2/c1-12-6-14(11-18-7-12)17(22)21-10-13-8-19-16(20-9-13)15-4-2-3-5-23-15/h6-9,11,15H,2-5,10H2,1H3,(H,21,22)/t15-/m1/s1. The smallest absolute Gasteiger partial charge is 0.253 e. The third-order valence-electron chi connectivity index (χ3n) is 3.78. The van der Waals surface area contributed by atoms with Crippen LogP contribution in [0.2, 0.25) is 0 Å². The maximum atomic E-state index is 12.1. The van der Waals surface area contributed by atoms with Crippen LogP contribution in [0.15, 0.2) is 30.9 Å². The largest absolute Gasteiger partial charge is 0.370 e. The van der Waals surface area contributed by atoms with Crippen LogP contribution in [-0.4, -0.2) is 27.5 Å². The molecule has 0 bridgehead atoms. The minimum Gasteiger partial charge on any atom is -0.370 e. The summed E-state index contributed by atoms with van der Waals surface area (Å²) in [5.74, 6) is 0.573. The molecule has 1 aliphatic rings. The fourth-order valence-electron chi connectivity index (χ4n) is 2.53. The number of hydrogen-bond donors (Lipinski definition) is 1. The molecule has 0 aliphatic carbocycles. The zero-order valence-electron chi connectivity index (χ0n) is 13.2. The molecule has 1 saturated heterocycles. The number of amides is 1. The first-order valence-corrected chi connectivity index (χ1v) is 7.84. The predicted octanol–water partition coefficient (Wildman–Crippen LogP) is 2.35. The summed E-state index contributed by atoms with van der Waals surface area (Å²) in [4.78, 5) is 24.8. The molecule has 1 N–H and O–H groups in total. The maximum absolute atomic E-state index is 12.1. The van der Waals surface area contributed by atoms with Crippen molar-refractivity contribution in [3.05, 3.63) is 53.4 Å². The topological polar surface area (TPSA) is 77.0 Å². The molecule has 1 aliphatic heterocycles. The summed E-state index contributed by atoms with van der Waals surface area (Å²) < 4.78 is 5.67. The summed E-state index contributed by atoms with van der Waals surface area (Å²) in [6, 6.07) is 1.81. The molecule has 1 atom stereocenters. The molecule has 3 heterocycles. The SMILES string of the molecule is Cc1cncc(C(=O)NCc2cnc([C@H]3CCCCO3)nc2)c1. The van der Waals surface area contributed by atoms with E-state index in [0.717, 1.165) is 42.8 Å². The van der Waals surface area contributed by atoms with Crippen molar-refractivity contribution >= 4 is 5.91 Å². The molecule has 1 fully saturated rings. The number of nitrogens with one attached hydrogen (secondary N) is 1. The molecule has 1 amide bonds. The number of aryl methyl sites for hydroxylation is 1. The van der Waals surface area contributed by atoms with Gasteiger partial charge in [0.2, 0.25) is 0 Å². The zero-order valence-corrected chi connectivity index (χ0v) is 13.2. The Kier molecular flexibility index (Phi) is 4.92. The fourth-order valence-corrected chi connectivity index (χ4v) is 2.53. The number of ether oxygens (including phenoxy) is 1. The predicted molar refractivity (Wildman–Crippen MR) is 84.7 cm³/mol. The number of rotatable bonds is 4. The van der Waals surface area contributed by atoms with Crippen molar-refractivity contribution in [2.24, 2.45) is 0 Å². The van der Waals surface area contributed by atoms with Crippen LogP contribution in [0.1, 0.15) is 52.7 Å². The fraction of sp³-hybridized carbons (Fsp3) is 0.412. The van der Waals surface area contributed by atoms with Crippen LogP contribution in [0.25, 0.3) is 0 Å². The van der Waals surface area contributed by atoms with Crippen LogP contribution < -0.4 is 5.32 Å². The molecule has 3 rings (SSSR count). The third-order valence-corrected chi connectivity index (χ3v) is 3.78. The number of pyridine rings is 1. The molecule has 2 aromatic rings. The monoisotopic (exact) mass is 312 g/mol. The molecule has 0 aromatic carbocycles. The number of hydrogen-bond acceptors (Lipinski definition) is 5. The highest BCUT2D eigenvalue weighted by Gasteiger charge is 2.18. The average Bonchev–Trinajstić information content (AvgIpc) is 2.61. The Hall–Kier alpha value is -2.34. The van der Waals surface area contributed by atoms with E-state index in [2.05, 4.69) is 20.3 Å². The van der Waals surface area contributed by atoms with Gasteiger partial charge < -0.3 is 10.1 Å². The average molecular weight is 312 g/mol. The van der Waals surface area contributed by atoms with Crippen LogP contribution in [0.4, 0.5) is 0 Å². The van der Waals surface area contributed by atoms with Gasteiger partial charge in [-0.15, -0.1) is 0 Å². The van der Waals surface area contributed by atoms with E-state index < -0.39 is 0 Å². The molecule has 0 unspecified atom stereocenters. The van der Waals surface area contributed by atoms with E-state index in [9.17, 15) is 4.79 Å². The highest BCUT2D eigenvalue weighted by atomic mass is 16.5. The van der Waals surface area contributed by atoms with Gasteiger partial charge in [0.1, 0.15) is 6.10 Å². The summed E-state index contributed by atoms with van der Waals surface area (Å²) in [5, 5.41) is 2.85. The lowest BCUT2D eigenvalue weighted by Crippen LogP contribution is -2.23. The Morgan fingerprint density at radius 2 is 2.09 bits per heavy atom. The zero-order chi connectivity index (χ0) is 16.1. The van der Waals surface area contributed by atoms with Gasteiger partial charge in [-0.25, -0.2) is 9.97 Å². The molecular formula is C17H20N4O2. The van der Waals surface area contributed by atoms with Crippen molar-refractivity contribution in [2.45, 2.75) is 38.8 Å². The summed E-state index contributed by atoms with van der Waals surface area (Å²) in [6.45, 7) is 3.07. The summed E-state index contributed by atoms with van der Waals surface area (Å²) in [6.07, 6.45) is 10.00. The highest BCUT2D eigenvalue weighted by molar-refractivity contribution is 5.93. The van der Waals surface area contributed by atoms with Gasteiger partial charge in [0.05, 0.1) is 5.56 Å². The first kappa shape index (κ1) is 15.6. The summed E-state index contributed by atoms with van der Waals surface area (Å²) >= 11 is 0. The highest BCUT2D eigenvalue weighted by Crippen LogP contribution is 2.24. The van der Waals surface area contributed by atoms with Crippen LogP contribution in [0.5, 0.6) is 0 Å². The lowest BCUT2D eigenvalue weighted by Gasteiger charge is -2.21. The molecule has 6 nitrogen and oxygen atoms in total. The molecular weight excluding hydrogens is 292 g/mol. The van der Waals surface area contributed by atoms with Crippen molar-refractivity contribution in [1.29, 1.82) is 0 Å². The number of nitrogens with zero attached hydrogens (tertiary/aromatic N) is 3. The Morgan fingerprint density at radius 1 is 1.26 bits per heavy atom. The van der Waals surface area contributed by atoms with Crippen LogP contribution in [-0.2, 0) is 11.3 Å². The minimum atomic E-state index is -0.152. The normalized spacial score (nSPS) is 17.7. The molecule has 0 saturated carbocycles. The maximum Gasteiger partial charge on any atom is 0.253 e. The van der Waals surface area contributed by atoms with Gasteiger partial charge in [-0.2, -0.15) is 0 Å². The van der Waals surface area contributed by atoms with Crippen molar-refractivity contribution in [2.75, 3.05) is 6.61 Å². The van der Waals surface area contributed by atoms with E-state index in [4.69, 9.17) is 4.74 Å². The number of aromatic nitrogens is 3. The van der Waals surface area contributed by atoms with Crippen molar-refractivity contribution in [3.8, 4) is 0 Å². The number of carbonyl (C=O) groups excluding carboxylic acids is 1.